The summed E-state index contributed by atoms with van der Waals surface area (Å²) in [6.07, 6.45) is 3.52. The van der Waals surface area contributed by atoms with Crippen molar-refractivity contribution < 1.29 is 9.84 Å². The van der Waals surface area contributed by atoms with Crippen LogP contribution < -0.4 is 10.5 Å². The van der Waals surface area contributed by atoms with Gasteiger partial charge in [-0.2, -0.15) is 0 Å². The maximum absolute atomic E-state index is 10.9. The largest absolute Gasteiger partial charge is 0.497 e. The third-order valence-corrected chi connectivity index (χ3v) is 5.79. The summed E-state index contributed by atoms with van der Waals surface area (Å²) >= 11 is 3.61. The Bertz CT molecular complexity index is 504. The van der Waals surface area contributed by atoms with E-state index in [1.807, 2.05) is 18.2 Å². The molecule has 3 nitrogen and oxygen atoms in total. The van der Waals surface area contributed by atoms with Crippen molar-refractivity contribution in [1.82, 2.24) is 0 Å². The minimum Gasteiger partial charge on any atom is -0.497 e. The third kappa shape index (κ3) is 3.27. The Hall–Kier alpha value is -0.580. The van der Waals surface area contributed by atoms with Crippen LogP contribution in [0, 0.1) is 10.8 Å². The Morgan fingerprint density at radius 2 is 2.10 bits per heavy atom. The van der Waals surface area contributed by atoms with Gasteiger partial charge >= 0.3 is 0 Å². The predicted octanol–water partition coefficient (Wildman–Crippen LogP) is 3.52. The van der Waals surface area contributed by atoms with Gasteiger partial charge in [-0.3, -0.25) is 0 Å². The van der Waals surface area contributed by atoms with Crippen molar-refractivity contribution in [3.8, 4) is 5.75 Å². The topological polar surface area (TPSA) is 55.5 Å². The van der Waals surface area contributed by atoms with Crippen LogP contribution in [-0.4, -0.2) is 24.9 Å². The van der Waals surface area contributed by atoms with Gasteiger partial charge in [-0.1, -0.05) is 36.2 Å². The van der Waals surface area contributed by atoms with Crippen molar-refractivity contribution in [2.45, 2.75) is 45.6 Å². The minimum absolute atomic E-state index is 0.0804. The standard InChI is InChI=1S/C17H26BrNO2/c1-16(2)7-4-8-17(11-19,15(16)20)10-12-9-13(21-3)5-6-14(12)18/h5-6,9,15,20H,4,7-8,10-11,19H2,1-3H3. The number of nitrogens with two attached hydrogens (primary N) is 1. The lowest BCUT2D eigenvalue weighted by Gasteiger charge is -2.49. The number of aliphatic hydroxyl groups is 1. The zero-order chi connectivity index (χ0) is 15.7. The number of hydrogen-bond acceptors (Lipinski definition) is 3. The fraction of sp³-hybridized carbons (Fsp3) is 0.647. The molecule has 1 aliphatic rings. The molecule has 2 rings (SSSR count). The van der Waals surface area contributed by atoms with Gasteiger partial charge in [0, 0.05) is 16.4 Å². The van der Waals surface area contributed by atoms with E-state index < -0.39 is 0 Å². The fourth-order valence-corrected chi connectivity index (χ4v) is 4.05. The van der Waals surface area contributed by atoms with E-state index in [-0.39, 0.29) is 16.9 Å². The van der Waals surface area contributed by atoms with E-state index in [0.29, 0.717) is 6.54 Å². The van der Waals surface area contributed by atoms with Gasteiger partial charge in [0.2, 0.25) is 0 Å². The SMILES string of the molecule is COc1ccc(Br)c(CC2(CN)CCCC(C)(C)C2O)c1. The van der Waals surface area contributed by atoms with E-state index in [0.717, 1.165) is 41.5 Å². The molecule has 0 saturated heterocycles. The number of aliphatic hydroxyl groups excluding tert-OH is 1. The van der Waals surface area contributed by atoms with Crippen LogP contribution in [-0.2, 0) is 6.42 Å². The summed E-state index contributed by atoms with van der Waals surface area (Å²) in [5, 5.41) is 10.9. The lowest BCUT2D eigenvalue weighted by Crippen LogP contribution is -2.53. The Kier molecular flexibility index (Phi) is 5.01. The van der Waals surface area contributed by atoms with E-state index >= 15 is 0 Å². The Morgan fingerprint density at radius 1 is 1.38 bits per heavy atom. The second-order valence-corrected chi connectivity index (χ2v) is 7.80. The molecule has 1 aliphatic carbocycles. The second kappa shape index (κ2) is 6.27. The number of rotatable bonds is 4. The van der Waals surface area contributed by atoms with E-state index in [1.165, 1.54) is 0 Å². The molecular formula is C17H26BrNO2. The maximum Gasteiger partial charge on any atom is 0.119 e. The number of methoxy groups -OCH3 is 1. The highest BCUT2D eigenvalue weighted by Gasteiger charge is 2.47. The summed E-state index contributed by atoms with van der Waals surface area (Å²) in [6, 6.07) is 5.97. The summed E-state index contributed by atoms with van der Waals surface area (Å²) in [5.41, 5.74) is 6.93. The van der Waals surface area contributed by atoms with E-state index in [1.54, 1.807) is 7.11 Å². The lowest BCUT2D eigenvalue weighted by atomic mass is 9.59. The average molecular weight is 356 g/mol. The molecule has 3 N–H and O–H groups in total. The highest BCUT2D eigenvalue weighted by molar-refractivity contribution is 9.10. The van der Waals surface area contributed by atoms with E-state index in [4.69, 9.17) is 10.5 Å². The zero-order valence-electron chi connectivity index (χ0n) is 13.2. The number of benzene rings is 1. The number of ether oxygens (including phenoxy) is 1. The molecule has 118 valence electrons. The average Bonchev–Trinajstić information content (AvgIpc) is 2.46. The van der Waals surface area contributed by atoms with Gasteiger partial charge in [-0.05, 0) is 48.4 Å². The molecule has 0 aromatic heterocycles. The monoisotopic (exact) mass is 355 g/mol. The smallest absolute Gasteiger partial charge is 0.119 e. The lowest BCUT2D eigenvalue weighted by molar-refractivity contribution is -0.0885. The van der Waals surface area contributed by atoms with Gasteiger partial charge in [0.05, 0.1) is 13.2 Å². The molecule has 0 aliphatic heterocycles. The first-order valence-corrected chi connectivity index (χ1v) is 8.34. The first kappa shape index (κ1) is 16.8. The first-order chi connectivity index (χ1) is 9.84. The molecule has 4 heteroatoms. The third-order valence-electron chi connectivity index (χ3n) is 5.02. The summed E-state index contributed by atoms with van der Waals surface area (Å²) in [4.78, 5) is 0. The molecule has 21 heavy (non-hydrogen) atoms. The Morgan fingerprint density at radius 3 is 2.71 bits per heavy atom. The van der Waals surface area contributed by atoms with Gasteiger partial charge in [-0.15, -0.1) is 0 Å². The zero-order valence-corrected chi connectivity index (χ0v) is 14.7. The highest BCUT2D eigenvalue weighted by Crippen LogP contribution is 2.48. The van der Waals surface area contributed by atoms with Crippen LogP contribution in [0.2, 0.25) is 0 Å². The molecule has 0 spiro atoms. The Balaban J connectivity index is 2.34. The van der Waals surface area contributed by atoms with Crippen LogP contribution >= 0.6 is 15.9 Å². The van der Waals surface area contributed by atoms with Gasteiger partial charge in [-0.25, -0.2) is 0 Å². The predicted molar refractivity (Wildman–Crippen MR) is 89.5 cm³/mol. The van der Waals surface area contributed by atoms with Crippen molar-refractivity contribution in [1.29, 1.82) is 0 Å². The molecule has 0 amide bonds. The number of hydrogen-bond donors (Lipinski definition) is 2. The van der Waals surface area contributed by atoms with E-state index in [9.17, 15) is 5.11 Å². The van der Waals surface area contributed by atoms with Crippen LogP contribution in [0.3, 0.4) is 0 Å². The maximum atomic E-state index is 10.9. The first-order valence-electron chi connectivity index (χ1n) is 7.55. The molecule has 2 atom stereocenters. The Labute approximate surface area is 136 Å². The van der Waals surface area contributed by atoms with Crippen LogP contribution in [0.5, 0.6) is 5.75 Å². The second-order valence-electron chi connectivity index (χ2n) is 6.95. The van der Waals surface area contributed by atoms with Gasteiger partial charge in [0.25, 0.3) is 0 Å². The normalized spacial score (nSPS) is 28.4. The van der Waals surface area contributed by atoms with Gasteiger partial charge in [0.1, 0.15) is 5.75 Å². The molecule has 1 aromatic rings. The highest BCUT2D eigenvalue weighted by atomic mass is 79.9. The fourth-order valence-electron chi connectivity index (χ4n) is 3.66. The molecular weight excluding hydrogens is 330 g/mol. The molecule has 1 aromatic carbocycles. The van der Waals surface area contributed by atoms with Crippen molar-refractivity contribution in [2.75, 3.05) is 13.7 Å². The summed E-state index contributed by atoms with van der Waals surface area (Å²) in [6.45, 7) is 4.78. The van der Waals surface area contributed by atoms with Gasteiger partial charge in [0.15, 0.2) is 0 Å². The van der Waals surface area contributed by atoms with E-state index in [2.05, 4.69) is 29.8 Å². The minimum atomic E-state index is -0.387. The molecule has 1 saturated carbocycles. The summed E-state index contributed by atoms with van der Waals surface area (Å²) in [5.74, 6) is 0.838. The molecule has 0 bridgehead atoms. The van der Waals surface area contributed by atoms with Crippen LogP contribution in [0.1, 0.15) is 38.7 Å². The quantitative estimate of drug-likeness (QED) is 0.868. The molecule has 1 fully saturated rings. The van der Waals surface area contributed by atoms with Crippen LogP contribution in [0.4, 0.5) is 0 Å². The molecule has 0 heterocycles. The summed E-state index contributed by atoms with van der Waals surface area (Å²) in [7, 11) is 1.67. The van der Waals surface area contributed by atoms with Crippen LogP contribution in [0.15, 0.2) is 22.7 Å². The van der Waals surface area contributed by atoms with Crippen molar-refractivity contribution >= 4 is 15.9 Å². The van der Waals surface area contributed by atoms with Crippen molar-refractivity contribution in [2.24, 2.45) is 16.6 Å². The molecule has 0 radical (unpaired) electrons. The number of halogens is 1. The van der Waals surface area contributed by atoms with Crippen molar-refractivity contribution in [3.63, 3.8) is 0 Å². The molecule has 2 unspecified atom stereocenters. The van der Waals surface area contributed by atoms with Crippen molar-refractivity contribution in [3.05, 3.63) is 28.2 Å². The summed E-state index contributed by atoms with van der Waals surface area (Å²) < 4.78 is 6.37. The van der Waals surface area contributed by atoms with Gasteiger partial charge < -0.3 is 15.6 Å². The van der Waals surface area contributed by atoms with Crippen LogP contribution in [0.25, 0.3) is 0 Å².